The average molecular weight is 342 g/mol. The molecule has 0 radical (unpaired) electrons. The van der Waals surface area contributed by atoms with Gasteiger partial charge in [-0.2, -0.15) is 0 Å². The molecule has 1 fully saturated rings. The standard InChI is InChI=1S/C21H30N2O2/c1-14(2)13-23-20(25)17-10-6-5-9-16(17)18(19(24)22-15(3)4)21(23)11-7-8-12-21/h5-6,9-10,14-15,18H,7-8,11-13H2,1-4H3,(H,22,24). The van der Waals surface area contributed by atoms with Gasteiger partial charge in [-0.05, 0) is 44.2 Å². The number of fused-ring (bicyclic) bond motifs is 1. The Morgan fingerprint density at radius 2 is 1.84 bits per heavy atom. The Morgan fingerprint density at radius 1 is 1.20 bits per heavy atom. The van der Waals surface area contributed by atoms with Crippen molar-refractivity contribution in [1.29, 1.82) is 0 Å². The number of nitrogens with one attached hydrogen (secondary N) is 1. The second kappa shape index (κ2) is 6.81. The molecule has 136 valence electrons. The minimum absolute atomic E-state index is 0.0607. The topological polar surface area (TPSA) is 49.4 Å². The van der Waals surface area contributed by atoms with E-state index in [4.69, 9.17) is 0 Å². The maximum atomic E-state index is 13.3. The molecule has 1 aliphatic heterocycles. The highest BCUT2D eigenvalue weighted by atomic mass is 16.2. The molecule has 0 saturated heterocycles. The molecule has 1 aromatic rings. The van der Waals surface area contributed by atoms with E-state index in [1.807, 2.05) is 43.0 Å². The molecule has 1 atom stereocenters. The summed E-state index contributed by atoms with van der Waals surface area (Å²) in [6, 6.07) is 7.79. The summed E-state index contributed by atoms with van der Waals surface area (Å²) in [6.07, 6.45) is 3.98. The summed E-state index contributed by atoms with van der Waals surface area (Å²) in [5, 5.41) is 3.12. The summed E-state index contributed by atoms with van der Waals surface area (Å²) in [5.41, 5.74) is 1.24. The first-order valence-electron chi connectivity index (χ1n) is 9.58. The molecule has 1 unspecified atom stereocenters. The number of nitrogens with zero attached hydrogens (tertiary/aromatic N) is 1. The van der Waals surface area contributed by atoms with Crippen LogP contribution in [0.4, 0.5) is 0 Å². The summed E-state index contributed by atoms with van der Waals surface area (Å²) in [4.78, 5) is 28.6. The maximum Gasteiger partial charge on any atom is 0.254 e. The lowest BCUT2D eigenvalue weighted by atomic mass is 9.70. The summed E-state index contributed by atoms with van der Waals surface area (Å²) >= 11 is 0. The van der Waals surface area contributed by atoms with Gasteiger partial charge in [-0.3, -0.25) is 9.59 Å². The zero-order valence-electron chi connectivity index (χ0n) is 15.8. The molecule has 3 rings (SSSR count). The quantitative estimate of drug-likeness (QED) is 0.906. The van der Waals surface area contributed by atoms with Crippen molar-refractivity contribution in [2.75, 3.05) is 6.54 Å². The molecule has 2 aliphatic rings. The number of hydrogen-bond acceptors (Lipinski definition) is 2. The Labute approximate surface area is 151 Å². The number of carbonyl (C=O) groups excluding carboxylic acids is 2. The van der Waals surface area contributed by atoms with Crippen molar-refractivity contribution < 1.29 is 9.59 Å². The summed E-state index contributed by atoms with van der Waals surface area (Å²) < 4.78 is 0. The van der Waals surface area contributed by atoms with E-state index in [2.05, 4.69) is 19.2 Å². The second-order valence-corrected chi connectivity index (χ2v) is 8.30. The Balaban J connectivity index is 2.15. The average Bonchev–Trinajstić information content (AvgIpc) is 3.01. The van der Waals surface area contributed by atoms with Gasteiger partial charge in [-0.15, -0.1) is 0 Å². The van der Waals surface area contributed by atoms with Crippen LogP contribution in [0, 0.1) is 5.92 Å². The van der Waals surface area contributed by atoms with Crippen LogP contribution in [-0.2, 0) is 4.79 Å². The molecule has 4 heteroatoms. The largest absolute Gasteiger partial charge is 0.353 e. The highest BCUT2D eigenvalue weighted by Crippen LogP contribution is 2.50. The third-order valence-electron chi connectivity index (χ3n) is 5.53. The molecular formula is C21H30N2O2. The van der Waals surface area contributed by atoms with Crippen molar-refractivity contribution in [3.05, 3.63) is 35.4 Å². The first kappa shape index (κ1) is 18.0. The van der Waals surface area contributed by atoms with E-state index in [1.54, 1.807) is 0 Å². The van der Waals surface area contributed by atoms with Gasteiger partial charge in [0.15, 0.2) is 0 Å². The number of hydrogen-bond donors (Lipinski definition) is 1. The number of benzene rings is 1. The number of amides is 2. The third-order valence-corrected chi connectivity index (χ3v) is 5.53. The predicted octanol–water partition coefficient (Wildman–Crippen LogP) is 3.72. The first-order chi connectivity index (χ1) is 11.9. The van der Waals surface area contributed by atoms with Crippen molar-refractivity contribution in [2.45, 2.75) is 70.9 Å². The molecule has 1 aliphatic carbocycles. The zero-order valence-corrected chi connectivity index (χ0v) is 15.8. The zero-order chi connectivity index (χ0) is 18.2. The molecule has 1 heterocycles. The van der Waals surface area contributed by atoms with Crippen molar-refractivity contribution in [3.8, 4) is 0 Å². The minimum atomic E-state index is -0.366. The van der Waals surface area contributed by atoms with Crippen LogP contribution in [0.1, 0.15) is 75.2 Å². The molecule has 2 amide bonds. The fraction of sp³-hybridized carbons (Fsp3) is 0.619. The van der Waals surface area contributed by atoms with E-state index < -0.39 is 0 Å². The van der Waals surface area contributed by atoms with Crippen molar-refractivity contribution in [3.63, 3.8) is 0 Å². The van der Waals surface area contributed by atoms with E-state index >= 15 is 0 Å². The van der Waals surface area contributed by atoms with Crippen LogP contribution < -0.4 is 5.32 Å². The SMILES string of the molecule is CC(C)CN1C(=O)c2ccccc2C(C(=O)NC(C)C)C12CCCC2. The fourth-order valence-electron chi connectivity index (χ4n) is 4.67. The Hall–Kier alpha value is -1.84. The predicted molar refractivity (Wildman–Crippen MR) is 99.5 cm³/mol. The van der Waals surface area contributed by atoms with E-state index in [0.717, 1.165) is 31.2 Å². The van der Waals surface area contributed by atoms with E-state index in [0.29, 0.717) is 18.0 Å². The van der Waals surface area contributed by atoms with Gasteiger partial charge in [0.25, 0.3) is 5.91 Å². The number of carbonyl (C=O) groups is 2. The van der Waals surface area contributed by atoms with Gasteiger partial charge >= 0.3 is 0 Å². The summed E-state index contributed by atoms with van der Waals surface area (Å²) in [6.45, 7) is 8.97. The van der Waals surface area contributed by atoms with Crippen LogP contribution in [-0.4, -0.2) is 34.8 Å². The molecule has 0 aromatic heterocycles. The minimum Gasteiger partial charge on any atom is -0.353 e. The van der Waals surface area contributed by atoms with Gasteiger partial charge < -0.3 is 10.2 Å². The Bertz CT molecular complexity index is 660. The Kier molecular flexibility index (Phi) is 4.90. The monoisotopic (exact) mass is 342 g/mol. The molecule has 25 heavy (non-hydrogen) atoms. The van der Waals surface area contributed by atoms with E-state index in [9.17, 15) is 9.59 Å². The molecule has 4 nitrogen and oxygen atoms in total. The lowest BCUT2D eigenvalue weighted by molar-refractivity contribution is -0.127. The van der Waals surface area contributed by atoms with Crippen LogP contribution in [0.25, 0.3) is 0 Å². The third kappa shape index (κ3) is 3.07. The fourth-order valence-corrected chi connectivity index (χ4v) is 4.67. The lowest BCUT2D eigenvalue weighted by Gasteiger charge is -2.50. The smallest absolute Gasteiger partial charge is 0.254 e. The van der Waals surface area contributed by atoms with Crippen LogP contribution >= 0.6 is 0 Å². The van der Waals surface area contributed by atoms with Crippen molar-refractivity contribution in [1.82, 2.24) is 10.2 Å². The van der Waals surface area contributed by atoms with Gasteiger partial charge in [0.1, 0.15) is 0 Å². The van der Waals surface area contributed by atoms with Gasteiger partial charge in [-0.1, -0.05) is 44.9 Å². The normalized spacial score (nSPS) is 21.9. The van der Waals surface area contributed by atoms with Crippen LogP contribution in [0.5, 0.6) is 0 Å². The lowest BCUT2D eigenvalue weighted by Crippen LogP contribution is -2.61. The maximum absolute atomic E-state index is 13.3. The second-order valence-electron chi connectivity index (χ2n) is 8.30. The highest BCUT2D eigenvalue weighted by Gasteiger charge is 2.55. The van der Waals surface area contributed by atoms with Gasteiger partial charge in [0.05, 0.1) is 11.5 Å². The van der Waals surface area contributed by atoms with E-state index in [-0.39, 0.29) is 29.3 Å². The molecule has 0 bridgehead atoms. The van der Waals surface area contributed by atoms with E-state index in [1.165, 1.54) is 0 Å². The summed E-state index contributed by atoms with van der Waals surface area (Å²) in [7, 11) is 0. The molecule has 1 aromatic carbocycles. The van der Waals surface area contributed by atoms with Crippen molar-refractivity contribution >= 4 is 11.8 Å². The molecule has 1 saturated carbocycles. The van der Waals surface area contributed by atoms with Gasteiger partial charge in [0, 0.05) is 18.2 Å². The Morgan fingerprint density at radius 3 is 2.44 bits per heavy atom. The van der Waals surface area contributed by atoms with Crippen LogP contribution in [0.3, 0.4) is 0 Å². The van der Waals surface area contributed by atoms with Crippen LogP contribution in [0.15, 0.2) is 24.3 Å². The first-order valence-corrected chi connectivity index (χ1v) is 9.58. The van der Waals surface area contributed by atoms with Gasteiger partial charge in [-0.25, -0.2) is 0 Å². The highest BCUT2D eigenvalue weighted by molar-refractivity contribution is 6.02. The summed E-state index contributed by atoms with van der Waals surface area (Å²) in [5.74, 6) is 0.260. The molecule has 1 N–H and O–H groups in total. The van der Waals surface area contributed by atoms with Crippen LogP contribution in [0.2, 0.25) is 0 Å². The molecule has 1 spiro atoms. The molecular weight excluding hydrogens is 312 g/mol. The van der Waals surface area contributed by atoms with Gasteiger partial charge in [0.2, 0.25) is 5.91 Å². The van der Waals surface area contributed by atoms with Crippen molar-refractivity contribution in [2.24, 2.45) is 5.92 Å². The number of rotatable bonds is 4.